The fourth-order valence-corrected chi connectivity index (χ4v) is 3.60. The number of hydrogen-bond donors (Lipinski definition) is 1. The van der Waals surface area contributed by atoms with Crippen molar-refractivity contribution in [3.8, 4) is 0 Å². The minimum absolute atomic E-state index is 0.0686. The Morgan fingerprint density at radius 3 is 3.05 bits per heavy atom. The number of benzene rings is 1. The SMILES string of the molecule is Cc1ccc(NC(=O)N2CCSC2c2ccco2)cc1Cl. The molecule has 0 aliphatic carbocycles. The third kappa shape index (κ3) is 3.04. The molecule has 0 bridgehead atoms. The summed E-state index contributed by atoms with van der Waals surface area (Å²) in [5.74, 6) is 1.70. The number of rotatable bonds is 2. The third-order valence-corrected chi connectivity index (χ3v) is 4.99. The Morgan fingerprint density at radius 1 is 1.48 bits per heavy atom. The summed E-state index contributed by atoms with van der Waals surface area (Å²) >= 11 is 7.78. The van der Waals surface area contributed by atoms with Gasteiger partial charge < -0.3 is 14.6 Å². The summed E-state index contributed by atoms with van der Waals surface area (Å²) in [6, 6.07) is 9.10. The Bertz CT molecular complexity index is 645. The quantitative estimate of drug-likeness (QED) is 0.884. The fraction of sp³-hybridized carbons (Fsp3) is 0.267. The fourth-order valence-electron chi connectivity index (χ4n) is 2.21. The highest BCUT2D eigenvalue weighted by Crippen LogP contribution is 2.38. The van der Waals surface area contributed by atoms with Gasteiger partial charge in [-0.2, -0.15) is 0 Å². The van der Waals surface area contributed by atoms with E-state index in [4.69, 9.17) is 16.0 Å². The molecule has 1 aliphatic heterocycles. The van der Waals surface area contributed by atoms with Crippen molar-refractivity contribution in [3.63, 3.8) is 0 Å². The van der Waals surface area contributed by atoms with Crippen LogP contribution in [0.2, 0.25) is 5.02 Å². The van der Waals surface area contributed by atoms with Crippen LogP contribution >= 0.6 is 23.4 Å². The van der Waals surface area contributed by atoms with E-state index in [0.717, 1.165) is 17.1 Å². The first-order valence-corrected chi connectivity index (χ1v) is 8.06. The van der Waals surface area contributed by atoms with Crippen molar-refractivity contribution in [2.75, 3.05) is 17.6 Å². The van der Waals surface area contributed by atoms with Crippen LogP contribution in [0, 0.1) is 6.92 Å². The number of aryl methyl sites for hydroxylation is 1. The number of amides is 2. The summed E-state index contributed by atoms with van der Waals surface area (Å²) in [5, 5.41) is 3.47. The van der Waals surface area contributed by atoms with Crippen molar-refractivity contribution in [2.24, 2.45) is 0 Å². The summed E-state index contributed by atoms with van der Waals surface area (Å²) < 4.78 is 5.42. The van der Waals surface area contributed by atoms with E-state index in [1.165, 1.54) is 0 Å². The molecule has 110 valence electrons. The molecular formula is C15H15ClN2O2S. The average Bonchev–Trinajstić information content (AvgIpc) is 3.12. The lowest BCUT2D eigenvalue weighted by atomic mass is 10.2. The maximum atomic E-state index is 12.4. The van der Waals surface area contributed by atoms with Gasteiger partial charge in [-0.25, -0.2) is 4.79 Å². The van der Waals surface area contributed by atoms with Crippen LogP contribution < -0.4 is 5.32 Å². The lowest BCUT2D eigenvalue weighted by Crippen LogP contribution is -2.34. The van der Waals surface area contributed by atoms with Crippen LogP contribution in [-0.2, 0) is 0 Å². The number of carbonyl (C=O) groups is 1. The number of furan rings is 1. The van der Waals surface area contributed by atoms with Gasteiger partial charge in [0.25, 0.3) is 0 Å². The molecule has 6 heteroatoms. The van der Waals surface area contributed by atoms with E-state index in [2.05, 4.69) is 5.32 Å². The molecule has 1 N–H and O–H groups in total. The zero-order chi connectivity index (χ0) is 14.8. The van der Waals surface area contributed by atoms with Crippen LogP contribution in [0.3, 0.4) is 0 Å². The Balaban J connectivity index is 1.73. The average molecular weight is 323 g/mol. The molecule has 0 radical (unpaired) electrons. The minimum Gasteiger partial charge on any atom is -0.466 e. The number of carbonyl (C=O) groups excluding carboxylic acids is 1. The highest BCUT2D eigenvalue weighted by atomic mass is 35.5. The molecule has 1 aromatic carbocycles. The molecule has 0 saturated carbocycles. The summed E-state index contributed by atoms with van der Waals surface area (Å²) in [6.45, 7) is 2.62. The highest BCUT2D eigenvalue weighted by molar-refractivity contribution is 7.99. The molecule has 2 amide bonds. The lowest BCUT2D eigenvalue weighted by molar-refractivity contribution is 0.210. The van der Waals surface area contributed by atoms with Crippen LogP contribution in [0.1, 0.15) is 16.7 Å². The summed E-state index contributed by atoms with van der Waals surface area (Å²) in [5.41, 5.74) is 1.69. The van der Waals surface area contributed by atoms with Gasteiger partial charge in [0.15, 0.2) is 0 Å². The van der Waals surface area contributed by atoms with E-state index in [1.54, 1.807) is 29.0 Å². The molecule has 1 aliphatic rings. The molecule has 21 heavy (non-hydrogen) atoms. The van der Waals surface area contributed by atoms with Crippen molar-refractivity contribution in [1.82, 2.24) is 4.90 Å². The monoisotopic (exact) mass is 322 g/mol. The first-order chi connectivity index (χ1) is 10.1. The van der Waals surface area contributed by atoms with Gasteiger partial charge in [-0.3, -0.25) is 0 Å². The van der Waals surface area contributed by atoms with Crippen LogP contribution in [0.4, 0.5) is 10.5 Å². The predicted molar refractivity (Wildman–Crippen MR) is 85.8 cm³/mol. The van der Waals surface area contributed by atoms with Gasteiger partial charge in [0.2, 0.25) is 0 Å². The largest absolute Gasteiger partial charge is 0.466 e. The van der Waals surface area contributed by atoms with Gasteiger partial charge in [0, 0.05) is 23.0 Å². The van der Waals surface area contributed by atoms with E-state index in [1.807, 2.05) is 31.2 Å². The van der Waals surface area contributed by atoms with Crippen molar-refractivity contribution in [3.05, 3.63) is 52.9 Å². The normalized spacial score (nSPS) is 18.0. The molecular weight excluding hydrogens is 308 g/mol. The number of urea groups is 1. The molecule has 2 heterocycles. The Hall–Kier alpha value is -1.59. The third-order valence-electron chi connectivity index (χ3n) is 3.36. The second kappa shape index (κ2) is 6.03. The molecule has 2 aromatic rings. The van der Waals surface area contributed by atoms with E-state index < -0.39 is 0 Å². The predicted octanol–water partition coefficient (Wildman–Crippen LogP) is 4.52. The van der Waals surface area contributed by atoms with Gasteiger partial charge in [0.1, 0.15) is 11.1 Å². The van der Waals surface area contributed by atoms with Crippen LogP contribution in [-0.4, -0.2) is 23.2 Å². The maximum absolute atomic E-state index is 12.4. The molecule has 3 rings (SSSR count). The van der Waals surface area contributed by atoms with Gasteiger partial charge in [0.05, 0.1) is 6.26 Å². The standard InChI is InChI=1S/C15H15ClN2O2S/c1-10-4-5-11(9-12(10)16)17-15(19)18-6-8-21-14(18)13-3-2-7-20-13/h2-5,7,9,14H,6,8H2,1H3,(H,17,19). The van der Waals surface area contributed by atoms with Crippen LogP contribution in [0.5, 0.6) is 0 Å². The molecule has 1 saturated heterocycles. The number of thioether (sulfide) groups is 1. The van der Waals surface area contributed by atoms with Gasteiger partial charge >= 0.3 is 6.03 Å². The molecule has 0 spiro atoms. The zero-order valence-corrected chi connectivity index (χ0v) is 13.1. The Kier molecular flexibility index (Phi) is 4.12. The summed E-state index contributed by atoms with van der Waals surface area (Å²) in [7, 11) is 0. The number of hydrogen-bond acceptors (Lipinski definition) is 3. The second-order valence-corrected chi connectivity index (χ2v) is 6.42. The maximum Gasteiger partial charge on any atom is 0.323 e. The van der Waals surface area contributed by atoms with Crippen molar-refractivity contribution >= 4 is 35.1 Å². The summed E-state index contributed by atoms with van der Waals surface area (Å²) in [6.07, 6.45) is 1.63. The Labute approximate surface area is 132 Å². The second-order valence-electron chi connectivity index (χ2n) is 4.83. The van der Waals surface area contributed by atoms with Crippen LogP contribution in [0.25, 0.3) is 0 Å². The number of nitrogens with one attached hydrogen (secondary N) is 1. The van der Waals surface area contributed by atoms with Crippen molar-refractivity contribution < 1.29 is 9.21 Å². The number of anilines is 1. The molecule has 1 atom stereocenters. The zero-order valence-electron chi connectivity index (χ0n) is 11.5. The molecule has 4 nitrogen and oxygen atoms in total. The molecule has 1 unspecified atom stereocenters. The van der Waals surface area contributed by atoms with E-state index in [9.17, 15) is 4.79 Å². The topological polar surface area (TPSA) is 45.5 Å². The van der Waals surface area contributed by atoms with E-state index in [-0.39, 0.29) is 11.4 Å². The van der Waals surface area contributed by atoms with Gasteiger partial charge in [-0.05, 0) is 36.8 Å². The molecule has 1 aromatic heterocycles. The van der Waals surface area contributed by atoms with Crippen LogP contribution in [0.15, 0.2) is 41.0 Å². The number of nitrogens with zero attached hydrogens (tertiary/aromatic N) is 1. The van der Waals surface area contributed by atoms with E-state index in [0.29, 0.717) is 17.3 Å². The highest BCUT2D eigenvalue weighted by Gasteiger charge is 2.32. The van der Waals surface area contributed by atoms with Crippen molar-refractivity contribution in [2.45, 2.75) is 12.3 Å². The minimum atomic E-state index is -0.138. The Morgan fingerprint density at radius 2 is 2.33 bits per heavy atom. The smallest absolute Gasteiger partial charge is 0.323 e. The first kappa shape index (κ1) is 14.4. The molecule has 1 fully saturated rings. The van der Waals surface area contributed by atoms with Gasteiger partial charge in [-0.15, -0.1) is 11.8 Å². The lowest BCUT2D eigenvalue weighted by Gasteiger charge is -2.22. The van der Waals surface area contributed by atoms with Crippen molar-refractivity contribution in [1.29, 1.82) is 0 Å². The number of halogens is 1. The summed E-state index contributed by atoms with van der Waals surface area (Å²) in [4.78, 5) is 14.2. The first-order valence-electron chi connectivity index (χ1n) is 6.64. The van der Waals surface area contributed by atoms with E-state index >= 15 is 0 Å². The van der Waals surface area contributed by atoms with Gasteiger partial charge in [-0.1, -0.05) is 17.7 Å².